The van der Waals surface area contributed by atoms with E-state index < -0.39 is 16.1 Å². The van der Waals surface area contributed by atoms with Crippen molar-refractivity contribution in [1.29, 1.82) is 0 Å². The summed E-state index contributed by atoms with van der Waals surface area (Å²) in [6.07, 6.45) is 6.06. The lowest BCUT2D eigenvalue weighted by molar-refractivity contribution is 0.107. The second-order valence-corrected chi connectivity index (χ2v) is 9.36. The van der Waals surface area contributed by atoms with Crippen molar-refractivity contribution in [3.8, 4) is 0 Å². The molecule has 2 heterocycles. The molecule has 1 aliphatic carbocycles. The highest BCUT2D eigenvalue weighted by molar-refractivity contribution is 7.89. The van der Waals surface area contributed by atoms with Crippen LogP contribution in [0.25, 0.3) is 0 Å². The maximum absolute atomic E-state index is 12.6. The maximum atomic E-state index is 12.6. The fourth-order valence-electron chi connectivity index (χ4n) is 3.67. The lowest BCUT2D eigenvalue weighted by Gasteiger charge is -2.33. The van der Waals surface area contributed by atoms with Gasteiger partial charge >= 0.3 is 0 Å². The number of nitrogens with one attached hydrogen (secondary N) is 1. The van der Waals surface area contributed by atoms with Crippen LogP contribution in [0.3, 0.4) is 0 Å². The van der Waals surface area contributed by atoms with Crippen molar-refractivity contribution >= 4 is 27.4 Å². The number of β-amino-alcohol motifs (C(OH)–C–C–N with tert-alkyl or cyclic N) is 1. The molecule has 1 unspecified atom stereocenters. The average Bonchev–Trinajstić information content (AvgIpc) is 2.56. The van der Waals surface area contributed by atoms with Crippen molar-refractivity contribution in [2.75, 3.05) is 24.2 Å². The van der Waals surface area contributed by atoms with E-state index in [-0.39, 0.29) is 29.5 Å². The van der Waals surface area contributed by atoms with Gasteiger partial charge in [-0.3, -0.25) is 0 Å². The molecule has 2 N–H and O–H groups in total. The molecule has 9 heteroatoms. The summed E-state index contributed by atoms with van der Waals surface area (Å²) in [4.78, 5) is 7.99. The van der Waals surface area contributed by atoms with Crippen LogP contribution in [0.4, 0.5) is 5.82 Å². The summed E-state index contributed by atoms with van der Waals surface area (Å²) in [6.45, 7) is 0.776. The number of hydrogen-bond acceptors (Lipinski definition) is 6. The van der Waals surface area contributed by atoms with E-state index in [2.05, 4.69) is 15.3 Å². The summed E-state index contributed by atoms with van der Waals surface area (Å²) in [7, 11) is -3.28. The Morgan fingerprint density at radius 1 is 1.28 bits per heavy atom. The van der Waals surface area contributed by atoms with Crippen LogP contribution in [0.2, 0.25) is 5.28 Å². The molecule has 0 amide bonds. The second-order valence-electron chi connectivity index (χ2n) is 7.01. The first kappa shape index (κ1) is 18.8. The molecule has 2 fully saturated rings. The van der Waals surface area contributed by atoms with E-state index in [0.29, 0.717) is 18.8 Å². The van der Waals surface area contributed by atoms with Crippen molar-refractivity contribution < 1.29 is 13.5 Å². The third kappa shape index (κ3) is 5.26. The molecule has 1 atom stereocenters. The van der Waals surface area contributed by atoms with Gasteiger partial charge in [0.15, 0.2) is 0 Å². The summed E-state index contributed by atoms with van der Waals surface area (Å²) in [5, 5.41) is 13.3. The molecular weight excluding hydrogens is 364 g/mol. The van der Waals surface area contributed by atoms with Gasteiger partial charge in [0.25, 0.3) is 0 Å². The van der Waals surface area contributed by atoms with E-state index >= 15 is 0 Å². The molecule has 1 saturated heterocycles. The number of aromatic nitrogens is 2. The molecule has 0 bridgehead atoms. The van der Waals surface area contributed by atoms with E-state index in [4.69, 9.17) is 11.6 Å². The molecule has 1 aromatic rings. The lowest BCUT2D eigenvalue weighted by Crippen LogP contribution is -2.44. The van der Waals surface area contributed by atoms with Crippen molar-refractivity contribution in [3.63, 3.8) is 0 Å². The first-order valence-electron chi connectivity index (χ1n) is 8.83. The van der Waals surface area contributed by atoms with Crippen molar-refractivity contribution in [3.05, 3.63) is 17.5 Å². The summed E-state index contributed by atoms with van der Waals surface area (Å²) < 4.78 is 26.6. The van der Waals surface area contributed by atoms with Gasteiger partial charge in [0.2, 0.25) is 15.3 Å². The molecule has 2 aliphatic rings. The van der Waals surface area contributed by atoms with Crippen molar-refractivity contribution in [2.24, 2.45) is 5.92 Å². The fraction of sp³-hybridized carbons (Fsp3) is 0.750. The van der Waals surface area contributed by atoms with Crippen LogP contribution in [0.15, 0.2) is 12.3 Å². The number of nitrogens with zero attached hydrogens (tertiary/aromatic N) is 3. The highest BCUT2D eigenvalue weighted by atomic mass is 35.5. The number of aliphatic hydroxyl groups is 1. The van der Waals surface area contributed by atoms with Gasteiger partial charge in [-0.1, -0.05) is 0 Å². The minimum atomic E-state index is -3.28. The molecular formula is C16H25ClN4O3S. The normalized spacial score (nSPS) is 28.6. The number of hydrogen-bond donors (Lipinski definition) is 2. The minimum Gasteiger partial charge on any atom is -0.392 e. The third-order valence-electron chi connectivity index (χ3n) is 5.02. The number of halogens is 1. The molecule has 1 saturated carbocycles. The lowest BCUT2D eigenvalue weighted by atomic mass is 9.87. The predicted octanol–water partition coefficient (Wildman–Crippen LogP) is 1.89. The quantitative estimate of drug-likeness (QED) is 0.748. The topological polar surface area (TPSA) is 95.4 Å². The molecule has 0 aromatic carbocycles. The Balaban J connectivity index is 1.49. The number of aliphatic hydroxyl groups excluding tert-OH is 1. The fourth-order valence-corrected chi connectivity index (χ4v) is 5.77. The monoisotopic (exact) mass is 388 g/mol. The van der Waals surface area contributed by atoms with Crippen LogP contribution in [0, 0.1) is 5.92 Å². The van der Waals surface area contributed by atoms with Gasteiger partial charge in [-0.2, -0.15) is 4.31 Å². The third-order valence-corrected chi connectivity index (χ3v) is 7.22. The SMILES string of the molecule is O=S(=O)(C[C@H]1CC[C@H](Nc2ccnc(Cl)n2)CC1)N1CCCC(O)C1. The first-order valence-corrected chi connectivity index (χ1v) is 10.8. The van der Waals surface area contributed by atoms with Gasteiger partial charge < -0.3 is 10.4 Å². The Morgan fingerprint density at radius 2 is 2.04 bits per heavy atom. The molecule has 25 heavy (non-hydrogen) atoms. The summed E-state index contributed by atoms with van der Waals surface area (Å²) in [6, 6.07) is 2.06. The van der Waals surface area contributed by atoms with Gasteiger partial charge in [0.05, 0.1) is 11.9 Å². The average molecular weight is 389 g/mol. The summed E-state index contributed by atoms with van der Waals surface area (Å²) in [5.41, 5.74) is 0. The summed E-state index contributed by atoms with van der Waals surface area (Å²) >= 11 is 5.79. The Kier molecular flexibility index (Phi) is 6.14. The second kappa shape index (κ2) is 8.16. The molecule has 3 rings (SSSR count). The van der Waals surface area contributed by atoms with Crippen LogP contribution < -0.4 is 5.32 Å². The predicted molar refractivity (Wildman–Crippen MR) is 97.0 cm³/mol. The van der Waals surface area contributed by atoms with Crippen LogP contribution >= 0.6 is 11.6 Å². The number of sulfonamides is 1. The summed E-state index contributed by atoms with van der Waals surface area (Å²) in [5.74, 6) is 1.07. The Hall–Kier alpha value is -0.960. The van der Waals surface area contributed by atoms with Gasteiger partial charge in [0, 0.05) is 25.3 Å². The molecule has 7 nitrogen and oxygen atoms in total. The smallest absolute Gasteiger partial charge is 0.224 e. The molecule has 140 valence electrons. The van der Waals surface area contributed by atoms with Gasteiger partial charge in [-0.25, -0.2) is 18.4 Å². The minimum absolute atomic E-state index is 0.177. The number of piperidine rings is 1. The standard InChI is InChI=1S/C16H25ClN4O3S/c17-16-18-8-7-15(20-16)19-13-5-3-12(4-6-13)11-25(23,24)21-9-1-2-14(22)10-21/h7-8,12-14,22H,1-6,9-11H2,(H,18,19,20)/t12-,13-,14?. The zero-order valence-corrected chi connectivity index (χ0v) is 15.7. The van der Waals surface area contributed by atoms with E-state index in [1.165, 1.54) is 4.31 Å². The molecule has 1 aromatic heterocycles. The van der Waals surface area contributed by atoms with Crippen molar-refractivity contribution in [2.45, 2.75) is 50.7 Å². The molecule has 0 spiro atoms. The zero-order chi connectivity index (χ0) is 17.9. The van der Waals surface area contributed by atoms with Gasteiger partial charge in [0.1, 0.15) is 5.82 Å². The van der Waals surface area contributed by atoms with E-state index in [9.17, 15) is 13.5 Å². The number of anilines is 1. The van der Waals surface area contributed by atoms with Crippen molar-refractivity contribution in [1.82, 2.24) is 14.3 Å². The molecule has 1 aliphatic heterocycles. The highest BCUT2D eigenvalue weighted by Gasteiger charge is 2.32. The number of rotatable bonds is 5. The van der Waals surface area contributed by atoms with Gasteiger partial charge in [-0.15, -0.1) is 0 Å². The van der Waals surface area contributed by atoms with Crippen LogP contribution in [-0.4, -0.2) is 58.8 Å². The molecule has 0 radical (unpaired) electrons. The van der Waals surface area contributed by atoms with Gasteiger partial charge in [-0.05, 0) is 62.1 Å². The first-order chi connectivity index (χ1) is 11.9. The highest BCUT2D eigenvalue weighted by Crippen LogP contribution is 2.28. The van der Waals surface area contributed by atoms with E-state index in [1.807, 2.05) is 0 Å². The van der Waals surface area contributed by atoms with Crippen LogP contribution in [0.1, 0.15) is 38.5 Å². The largest absolute Gasteiger partial charge is 0.392 e. The van der Waals surface area contributed by atoms with Crippen LogP contribution in [-0.2, 0) is 10.0 Å². The Bertz CT molecular complexity index is 680. The van der Waals surface area contributed by atoms with Crippen LogP contribution in [0.5, 0.6) is 0 Å². The van der Waals surface area contributed by atoms with E-state index in [1.54, 1.807) is 12.3 Å². The Morgan fingerprint density at radius 3 is 2.72 bits per heavy atom. The van der Waals surface area contributed by atoms with E-state index in [0.717, 1.165) is 32.1 Å². The Labute approximate surface area is 153 Å². The zero-order valence-electron chi connectivity index (χ0n) is 14.1. The maximum Gasteiger partial charge on any atom is 0.224 e.